The van der Waals surface area contributed by atoms with Gasteiger partial charge in [-0.15, -0.1) is 5.10 Å². The van der Waals surface area contributed by atoms with Gasteiger partial charge in [0.2, 0.25) is 0 Å². The summed E-state index contributed by atoms with van der Waals surface area (Å²) in [5.41, 5.74) is 1.14. The molecule has 7 nitrogen and oxygen atoms in total. The molecule has 0 aliphatic carbocycles. The molecular formula is C12H10N4O3. The molecule has 0 unspecified atom stereocenters. The molecule has 0 saturated carbocycles. The van der Waals surface area contributed by atoms with Crippen LogP contribution in [0.2, 0.25) is 0 Å². The Kier molecular flexibility index (Phi) is 2.34. The normalized spacial score (nSPS) is 11.1. The second-order valence-corrected chi connectivity index (χ2v) is 4.10. The standard InChI is InChI=1S/C12H10N4O3/c1-6-13-7(2)16(15-6)12-14-9-4-3-8(11(17)18)5-10(9)19-12/h3-5H,1-2H3,(H,17,18). The van der Waals surface area contributed by atoms with Crippen LogP contribution in [0.25, 0.3) is 17.1 Å². The monoisotopic (exact) mass is 258 g/mol. The fourth-order valence-corrected chi connectivity index (χ4v) is 1.84. The van der Waals surface area contributed by atoms with Crippen molar-refractivity contribution in [2.75, 3.05) is 0 Å². The van der Waals surface area contributed by atoms with Crippen molar-refractivity contribution in [1.82, 2.24) is 19.7 Å². The summed E-state index contributed by atoms with van der Waals surface area (Å²) in [5.74, 6) is 0.265. The van der Waals surface area contributed by atoms with Gasteiger partial charge in [0.25, 0.3) is 0 Å². The van der Waals surface area contributed by atoms with Gasteiger partial charge in [-0.1, -0.05) is 0 Å². The summed E-state index contributed by atoms with van der Waals surface area (Å²) in [7, 11) is 0. The van der Waals surface area contributed by atoms with E-state index < -0.39 is 5.97 Å². The van der Waals surface area contributed by atoms with Gasteiger partial charge in [0.15, 0.2) is 5.58 Å². The first-order chi connectivity index (χ1) is 9.04. The summed E-state index contributed by atoms with van der Waals surface area (Å²) >= 11 is 0. The van der Waals surface area contributed by atoms with E-state index in [1.807, 2.05) is 0 Å². The maximum atomic E-state index is 10.9. The lowest BCUT2D eigenvalue weighted by atomic mass is 10.2. The van der Waals surface area contributed by atoms with E-state index in [4.69, 9.17) is 9.52 Å². The Balaban J connectivity index is 2.16. The molecule has 1 N–H and O–H groups in total. The van der Waals surface area contributed by atoms with Crippen LogP contribution in [0.5, 0.6) is 0 Å². The van der Waals surface area contributed by atoms with Gasteiger partial charge in [-0.25, -0.2) is 9.78 Å². The van der Waals surface area contributed by atoms with Gasteiger partial charge in [-0.2, -0.15) is 9.67 Å². The quantitative estimate of drug-likeness (QED) is 0.752. The lowest BCUT2D eigenvalue weighted by Gasteiger charge is -1.93. The average Bonchev–Trinajstić information content (AvgIpc) is 2.90. The van der Waals surface area contributed by atoms with Gasteiger partial charge in [0.05, 0.1) is 5.56 Å². The number of carbonyl (C=O) groups is 1. The van der Waals surface area contributed by atoms with Crippen LogP contribution in [0.1, 0.15) is 22.0 Å². The summed E-state index contributed by atoms with van der Waals surface area (Å²) in [5, 5.41) is 13.1. The first-order valence-electron chi connectivity index (χ1n) is 5.59. The van der Waals surface area contributed by atoms with Gasteiger partial charge in [0.1, 0.15) is 17.2 Å². The molecule has 0 spiro atoms. The number of oxazole rings is 1. The number of carboxylic acid groups (broad SMARTS) is 1. The van der Waals surface area contributed by atoms with Crippen molar-refractivity contribution >= 4 is 17.1 Å². The maximum absolute atomic E-state index is 10.9. The molecule has 0 atom stereocenters. The maximum Gasteiger partial charge on any atom is 0.335 e. The van der Waals surface area contributed by atoms with Crippen LogP contribution in [-0.2, 0) is 0 Å². The predicted molar refractivity (Wildman–Crippen MR) is 65.4 cm³/mol. The van der Waals surface area contributed by atoms with Crippen molar-refractivity contribution in [2.24, 2.45) is 0 Å². The summed E-state index contributed by atoms with van der Waals surface area (Å²) < 4.78 is 7.01. The third-order valence-electron chi connectivity index (χ3n) is 2.68. The molecule has 0 aliphatic rings. The first kappa shape index (κ1) is 11.4. The Bertz CT molecular complexity index is 787. The zero-order valence-corrected chi connectivity index (χ0v) is 10.3. The SMILES string of the molecule is Cc1nc(C)n(-c2nc3ccc(C(=O)O)cc3o2)n1. The highest BCUT2D eigenvalue weighted by Crippen LogP contribution is 2.20. The number of fused-ring (bicyclic) bond motifs is 1. The minimum absolute atomic E-state index is 0.154. The molecule has 2 aromatic heterocycles. The molecule has 96 valence electrons. The second-order valence-electron chi connectivity index (χ2n) is 4.10. The summed E-state index contributed by atoms with van der Waals surface area (Å²) in [6, 6.07) is 4.80. The van der Waals surface area contributed by atoms with Crippen molar-refractivity contribution in [3.63, 3.8) is 0 Å². The number of nitrogens with zero attached hydrogens (tertiary/aromatic N) is 4. The number of hydrogen-bond acceptors (Lipinski definition) is 5. The van der Waals surface area contributed by atoms with Crippen molar-refractivity contribution in [3.05, 3.63) is 35.4 Å². The van der Waals surface area contributed by atoms with E-state index in [0.29, 0.717) is 22.7 Å². The van der Waals surface area contributed by atoms with Gasteiger partial charge < -0.3 is 9.52 Å². The van der Waals surface area contributed by atoms with E-state index in [1.54, 1.807) is 19.9 Å². The lowest BCUT2D eigenvalue weighted by Crippen LogP contribution is -1.99. The molecule has 0 amide bonds. The minimum Gasteiger partial charge on any atom is -0.478 e. The number of aromatic nitrogens is 4. The summed E-state index contributed by atoms with van der Waals surface area (Å²) in [4.78, 5) is 19.3. The van der Waals surface area contributed by atoms with Crippen LogP contribution in [0, 0.1) is 13.8 Å². The Morgan fingerprint density at radius 3 is 2.74 bits per heavy atom. The van der Waals surface area contributed by atoms with Gasteiger partial charge in [-0.05, 0) is 32.0 Å². The predicted octanol–water partition coefficient (Wildman–Crippen LogP) is 1.72. The highest BCUT2D eigenvalue weighted by atomic mass is 16.4. The third kappa shape index (κ3) is 1.85. The smallest absolute Gasteiger partial charge is 0.335 e. The number of aromatic carboxylic acids is 1. The Hall–Kier alpha value is -2.70. The molecule has 3 aromatic rings. The van der Waals surface area contributed by atoms with Crippen LogP contribution >= 0.6 is 0 Å². The molecule has 3 rings (SSSR count). The zero-order chi connectivity index (χ0) is 13.6. The molecule has 2 heterocycles. The topological polar surface area (TPSA) is 94.0 Å². The molecule has 19 heavy (non-hydrogen) atoms. The minimum atomic E-state index is -1.01. The average molecular weight is 258 g/mol. The molecule has 1 aromatic carbocycles. The second kappa shape index (κ2) is 3.91. The molecular weight excluding hydrogens is 248 g/mol. The largest absolute Gasteiger partial charge is 0.478 e. The van der Waals surface area contributed by atoms with Gasteiger partial charge in [0, 0.05) is 0 Å². The van der Waals surface area contributed by atoms with E-state index in [1.165, 1.54) is 16.8 Å². The molecule has 7 heteroatoms. The van der Waals surface area contributed by atoms with Crippen LogP contribution in [0.15, 0.2) is 22.6 Å². The van der Waals surface area contributed by atoms with E-state index >= 15 is 0 Å². The number of rotatable bonds is 2. The van der Waals surface area contributed by atoms with Crippen molar-refractivity contribution in [2.45, 2.75) is 13.8 Å². The van der Waals surface area contributed by atoms with E-state index in [9.17, 15) is 4.79 Å². The van der Waals surface area contributed by atoms with Gasteiger partial charge >= 0.3 is 12.0 Å². The molecule has 0 fully saturated rings. The molecule has 0 radical (unpaired) electrons. The Labute approximate surface area is 107 Å². The van der Waals surface area contributed by atoms with Crippen molar-refractivity contribution in [3.8, 4) is 6.01 Å². The lowest BCUT2D eigenvalue weighted by molar-refractivity contribution is 0.0697. The Morgan fingerprint density at radius 2 is 2.11 bits per heavy atom. The van der Waals surface area contributed by atoms with Crippen molar-refractivity contribution in [1.29, 1.82) is 0 Å². The highest BCUT2D eigenvalue weighted by Gasteiger charge is 2.14. The van der Waals surface area contributed by atoms with Gasteiger partial charge in [-0.3, -0.25) is 0 Å². The van der Waals surface area contributed by atoms with Crippen LogP contribution < -0.4 is 0 Å². The van der Waals surface area contributed by atoms with Crippen LogP contribution in [0.4, 0.5) is 0 Å². The Morgan fingerprint density at radius 1 is 1.32 bits per heavy atom. The van der Waals surface area contributed by atoms with Crippen LogP contribution in [-0.4, -0.2) is 30.8 Å². The summed E-state index contributed by atoms with van der Waals surface area (Å²) in [6.45, 7) is 3.56. The van der Waals surface area contributed by atoms with Crippen molar-refractivity contribution < 1.29 is 14.3 Å². The number of aryl methyl sites for hydroxylation is 2. The fourth-order valence-electron chi connectivity index (χ4n) is 1.84. The number of carboxylic acids is 1. The third-order valence-corrected chi connectivity index (χ3v) is 2.68. The van der Waals surface area contributed by atoms with E-state index in [2.05, 4.69) is 15.1 Å². The highest BCUT2D eigenvalue weighted by molar-refractivity contribution is 5.91. The first-order valence-corrected chi connectivity index (χ1v) is 5.59. The number of benzene rings is 1. The summed E-state index contributed by atoms with van der Waals surface area (Å²) in [6.07, 6.45) is 0. The zero-order valence-electron chi connectivity index (χ0n) is 10.3. The molecule has 0 bridgehead atoms. The fraction of sp³-hybridized carbons (Fsp3) is 0.167. The molecule has 0 aliphatic heterocycles. The number of hydrogen-bond donors (Lipinski definition) is 1. The molecule has 0 saturated heterocycles. The van der Waals surface area contributed by atoms with Crippen LogP contribution in [0.3, 0.4) is 0 Å². The van der Waals surface area contributed by atoms with E-state index in [-0.39, 0.29) is 11.6 Å². The van der Waals surface area contributed by atoms with E-state index in [0.717, 1.165) is 0 Å².